The van der Waals surface area contributed by atoms with E-state index in [1.165, 1.54) is 12.8 Å². The minimum Gasteiger partial charge on any atom is -0.453 e. The number of aliphatic hydroxyl groups excluding tert-OH is 1. The highest BCUT2D eigenvalue weighted by atomic mass is 79.9. The molecule has 0 radical (unpaired) electrons. The van der Waals surface area contributed by atoms with Crippen molar-refractivity contribution in [3.8, 4) is 0 Å². The van der Waals surface area contributed by atoms with E-state index < -0.39 is 0 Å². The third-order valence-corrected chi connectivity index (χ3v) is 2.86. The normalized spacial score (nSPS) is 16.5. The van der Waals surface area contributed by atoms with Gasteiger partial charge in [0.15, 0.2) is 4.67 Å². The van der Waals surface area contributed by atoms with Crippen LogP contribution in [0.15, 0.2) is 21.2 Å². The lowest BCUT2D eigenvalue weighted by Crippen LogP contribution is -2.28. The smallest absolute Gasteiger partial charge is 0.169 e. The zero-order chi connectivity index (χ0) is 9.97. The molecule has 0 unspecified atom stereocenters. The molecule has 4 heteroatoms. The summed E-state index contributed by atoms with van der Waals surface area (Å²) in [5, 5.41) is 8.92. The van der Waals surface area contributed by atoms with Gasteiger partial charge in [0.25, 0.3) is 0 Å². The van der Waals surface area contributed by atoms with Crippen molar-refractivity contribution in [3.63, 3.8) is 0 Å². The van der Waals surface area contributed by atoms with Gasteiger partial charge in [-0.2, -0.15) is 0 Å². The van der Waals surface area contributed by atoms with E-state index >= 15 is 0 Å². The first kappa shape index (κ1) is 10.2. The summed E-state index contributed by atoms with van der Waals surface area (Å²) in [6, 6.07) is 4.53. The molecule has 1 saturated carbocycles. The van der Waals surface area contributed by atoms with Gasteiger partial charge in [0.05, 0.1) is 13.2 Å². The second kappa shape index (κ2) is 4.47. The van der Waals surface area contributed by atoms with E-state index in [0.29, 0.717) is 6.04 Å². The van der Waals surface area contributed by atoms with Crippen LogP contribution >= 0.6 is 15.9 Å². The summed E-state index contributed by atoms with van der Waals surface area (Å²) < 4.78 is 6.20. The van der Waals surface area contributed by atoms with Crippen LogP contribution in [0, 0.1) is 0 Å². The van der Waals surface area contributed by atoms with Crippen molar-refractivity contribution in [1.82, 2.24) is 4.90 Å². The summed E-state index contributed by atoms with van der Waals surface area (Å²) in [6.07, 6.45) is 2.50. The molecule has 1 fully saturated rings. The van der Waals surface area contributed by atoms with Crippen molar-refractivity contribution in [1.29, 1.82) is 0 Å². The first-order chi connectivity index (χ1) is 6.79. The van der Waals surface area contributed by atoms with E-state index in [1.54, 1.807) is 0 Å². The molecule has 1 N–H and O–H groups in total. The molecule has 0 spiro atoms. The minimum absolute atomic E-state index is 0.221. The maximum Gasteiger partial charge on any atom is 0.169 e. The van der Waals surface area contributed by atoms with Gasteiger partial charge < -0.3 is 9.52 Å². The van der Waals surface area contributed by atoms with Crippen LogP contribution in [0.3, 0.4) is 0 Å². The fraction of sp³-hybridized carbons (Fsp3) is 0.600. The zero-order valence-electron chi connectivity index (χ0n) is 7.95. The molecule has 0 amide bonds. The fourth-order valence-corrected chi connectivity index (χ4v) is 1.94. The first-order valence-corrected chi connectivity index (χ1v) is 5.68. The molecule has 0 aliphatic heterocycles. The van der Waals surface area contributed by atoms with Crippen molar-refractivity contribution < 1.29 is 9.52 Å². The number of hydrogen-bond acceptors (Lipinski definition) is 3. The van der Waals surface area contributed by atoms with Crippen LogP contribution in [-0.2, 0) is 6.54 Å². The molecule has 0 atom stereocenters. The Morgan fingerprint density at radius 1 is 1.50 bits per heavy atom. The molecule has 1 aliphatic rings. The molecular formula is C10H14BrNO2. The van der Waals surface area contributed by atoms with E-state index in [0.717, 1.165) is 23.5 Å². The number of halogens is 1. The van der Waals surface area contributed by atoms with Crippen LogP contribution in [0.4, 0.5) is 0 Å². The van der Waals surface area contributed by atoms with Crippen molar-refractivity contribution in [2.24, 2.45) is 0 Å². The highest BCUT2D eigenvalue weighted by Crippen LogP contribution is 2.28. The zero-order valence-corrected chi connectivity index (χ0v) is 9.53. The largest absolute Gasteiger partial charge is 0.453 e. The van der Waals surface area contributed by atoms with E-state index in [9.17, 15) is 0 Å². The maximum atomic E-state index is 8.92. The van der Waals surface area contributed by atoms with Crippen LogP contribution in [-0.4, -0.2) is 29.2 Å². The predicted molar refractivity (Wildman–Crippen MR) is 56.9 cm³/mol. The van der Waals surface area contributed by atoms with Gasteiger partial charge in [0, 0.05) is 12.6 Å². The van der Waals surface area contributed by atoms with Crippen molar-refractivity contribution in [2.45, 2.75) is 25.4 Å². The lowest BCUT2D eigenvalue weighted by atomic mass is 10.4. The molecule has 0 bridgehead atoms. The van der Waals surface area contributed by atoms with Gasteiger partial charge in [0.1, 0.15) is 5.76 Å². The molecule has 2 rings (SSSR count). The molecule has 78 valence electrons. The van der Waals surface area contributed by atoms with E-state index in [2.05, 4.69) is 20.8 Å². The van der Waals surface area contributed by atoms with Crippen LogP contribution in [0.1, 0.15) is 18.6 Å². The third-order valence-electron chi connectivity index (χ3n) is 2.44. The van der Waals surface area contributed by atoms with Gasteiger partial charge in [-0.15, -0.1) is 0 Å². The molecule has 1 heterocycles. The van der Waals surface area contributed by atoms with Crippen LogP contribution in [0.5, 0.6) is 0 Å². The topological polar surface area (TPSA) is 36.6 Å². The number of aliphatic hydroxyl groups is 1. The van der Waals surface area contributed by atoms with Gasteiger partial charge in [-0.1, -0.05) is 0 Å². The highest BCUT2D eigenvalue weighted by Gasteiger charge is 2.28. The number of furan rings is 1. The van der Waals surface area contributed by atoms with E-state index in [4.69, 9.17) is 9.52 Å². The van der Waals surface area contributed by atoms with Crippen LogP contribution < -0.4 is 0 Å². The van der Waals surface area contributed by atoms with Crippen LogP contribution in [0.25, 0.3) is 0 Å². The van der Waals surface area contributed by atoms with Gasteiger partial charge in [0.2, 0.25) is 0 Å². The quantitative estimate of drug-likeness (QED) is 0.879. The number of hydrogen-bond donors (Lipinski definition) is 1. The SMILES string of the molecule is OCCN(Cc1ccc(Br)o1)C1CC1. The first-order valence-electron chi connectivity index (χ1n) is 4.88. The van der Waals surface area contributed by atoms with Gasteiger partial charge in [-0.25, -0.2) is 0 Å². The third kappa shape index (κ3) is 2.59. The average molecular weight is 260 g/mol. The molecule has 1 aliphatic carbocycles. The molecule has 0 saturated heterocycles. The van der Waals surface area contributed by atoms with Gasteiger partial charge >= 0.3 is 0 Å². The Hall–Kier alpha value is -0.320. The molecule has 14 heavy (non-hydrogen) atoms. The number of nitrogens with zero attached hydrogens (tertiary/aromatic N) is 1. The number of rotatable bonds is 5. The minimum atomic E-state index is 0.221. The summed E-state index contributed by atoms with van der Waals surface area (Å²) >= 11 is 3.28. The Morgan fingerprint density at radius 3 is 2.79 bits per heavy atom. The lowest BCUT2D eigenvalue weighted by molar-refractivity contribution is 0.173. The Bertz CT molecular complexity index is 296. The van der Waals surface area contributed by atoms with Crippen molar-refractivity contribution in [2.75, 3.05) is 13.2 Å². The lowest BCUT2D eigenvalue weighted by Gasteiger charge is -2.18. The predicted octanol–water partition coefficient (Wildman–Crippen LogP) is 2.00. The highest BCUT2D eigenvalue weighted by molar-refractivity contribution is 9.10. The fourth-order valence-electron chi connectivity index (χ4n) is 1.60. The molecule has 1 aromatic heterocycles. The maximum absolute atomic E-state index is 8.92. The van der Waals surface area contributed by atoms with E-state index in [1.807, 2.05) is 12.1 Å². The summed E-state index contributed by atoms with van der Waals surface area (Å²) in [6.45, 7) is 1.76. The summed E-state index contributed by atoms with van der Waals surface area (Å²) in [4.78, 5) is 2.27. The van der Waals surface area contributed by atoms with Gasteiger partial charge in [-0.3, -0.25) is 4.90 Å². The Balaban J connectivity index is 1.92. The Labute approximate surface area is 91.8 Å². The van der Waals surface area contributed by atoms with Crippen LogP contribution in [0.2, 0.25) is 0 Å². The average Bonchev–Trinajstić information content (AvgIpc) is 2.91. The molecular weight excluding hydrogens is 246 g/mol. The Kier molecular flexibility index (Phi) is 3.26. The monoisotopic (exact) mass is 259 g/mol. The van der Waals surface area contributed by atoms with Crippen molar-refractivity contribution in [3.05, 3.63) is 22.6 Å². The molecule has 3 nitrogen and oxygen atoms in total. The second-order valence-corrected chi connectivity index (χ2v) is 4.41. The molecule has 1 aromatic rings. The standard InChI is InChI=1S/C10H14BrNO2/c11-10-4-3-9(14-10)7-12(5-6-13)8-1-2-8/h3-4,8,13H,1-2,5-7H2. The van der Waals surface area contributed by atoms with Crippen molar-refractivity contribution >= 4 is 15.9 Å². The van der Waals surface area contributed by atoms with Gasteiger partial charge in [-0.05, 0) is 40.9 Å². The van der Waals surface area contributed by atoms with E-state index in [-0.39, 0.29) is 6.61 Å². The summed E-state index contributed by atoms with van der Waals surface area (Å²) in [5.74, 6) is 0.956. The summed E-state index contributed by atoms with van der Waals surface area (Å²) in [5.41, 5.74) is 0. The second-order valence-electron chi connectivity index (χ2n) is 3.63. The summed E-state index contributed by atoms with van der Waals surface area (Å²) in [7, 11) is 0. The Morgan fingerprint density at radius 2 is 2.29 bits per heavy atom. The molecule has 0 aromatic carbocycles.